The van der Waals surface area contributed by atoms with Crippen molar-refractivity contribution >= 4 is 34.8 Å². The number of primary amides is 1. The van der Waals surface area contributed by atoms with Gasteiger partial charge in [-0.25, -0.2) is 0 Å². The van der Waals surface area contributed by atoms with Crippen molar-refractivity contribution < 1.29 is 4.79 Å². The molecular weight excluding hydrogens is 307 g/mol. The van der Waals surface area contributed by atoms with Gasteiger partial charge < -0.3 is 11.1 Å². The van der Waals surface area contributed by atoms with Crippen molar-refractivity contribution in [2.75, 3.05) is 5.32 Å². The predicted molar refractivity (Wildman–Crippen MR) is 87.7 cm³/mol. The molecule has 0 aliphatic heterocycles. The van der Waals surface area contributed by atoms with Crippen LogP contribution in [-0.2, 0) is 10.3 Å². The van der Waals surface area contributed by atoms with E-state index in [4.69, 9.17) is 28.9 Å². The molecule has 0 aliphatic carbocycles. The summed E-state index contributed by atoms with van der Waals surface area (Å²) in [5.41, 5.74) is 6.05. The van der Waals surface area contributed by atoms with Crippen molar-refractivity contribution in [2.45, 2.75) is 18.9 Å². The van der Waals surface area contributed by atoms with Gasteiger partial charge in [0.1, 0.15) is 5.54 Å². The first-order chi connectivity index (χ1) is 9.99. The Morgan fingerprint density at radius 1 is 1.14 bits per heavy atom. The molecule has 0 heterocycles. The third-order valence-corrected chi connectivity index (χ3v) is 4.09. The SMILES string of the molecule is CCC(Nc1ccccc1Cl)(C(N)=O)c1ccc(Cl)cc1. The Morgan fingerprint density at radius 2 is 1.76 bits per heavy atom. The molecule has 3 N–H and O–H groups in total. The molecule has 1 amide bonds. The van der Waals surface area contributed by atoms with Crippen molar-refractivity contribution in [1.82, 2.24) is 0 Å². The van der Waals surface area contributed by atoms with Gasteiger partial charge in [-0.1, -0.05) is 54.4 Å². The van der Waals surface area contributed by atoms with Gasteiger partial charge in [0.15, 0.2) is 0 Å². The molecule has 0 saturated carbocycles. The molecule has 1 unspecified atom stereocenters. The highest BCUT2D eigenvalue weighted by atomic mass is 35.5. The smallest absolute Gasteiger partial charge is 0.247 e. The average molecular weight is 323 g/mol. The maximum atomic E-state index is 12.1. The van der Waals surface area contributed by atoms with E-state index in [9.17, 15) is 4.79 Å². The lowest BCUT2D eigenvalue weighted by atomic mass is 9.86. The van der Waals surface area contributed by atoms with Gasteiger partial charge in [0.05, 0.1) is 10.7 Å². The number of hydrogen-bond donors (Lipinski definition) is 2. The van der Waals surface area contributed by atoms with E-state index >= 15 is 0 Å². The summed E-state index contributed by atoms with van der Waals surface area (Å²) in [4.78, 5) is 12.1. The summed E-state index contributed by atoms with van der Waals surface area (Å²) in [5, 5.41) is 4.33. The Morgan fingerprint density at radius 3 is 2.29 bits per heavy atom. The van der Waals surface area contributed by atoms with Crippen LogP contribution in [0.4, 0.5) is 5.69 Å². The van der Waals surface area contributed by atoms with Crippen LogP contribution in [0.15, 0.2) is 48.5 Å². The maximum Gasteiger partial charge on any atom is 0.247 e. The number of rotatable bonds is 5. The van der Waals surface area contributed by atoms with Crippen LogP contribution in [0, 0.1) is 0 Å². The number of para-hydroxylation sites is 1. The van der Waals surface area contributed by atoms with Gasteiger partial charge in [-0.3, -0.25) is 4.79 Å². The largest absolute Gasteiger partial charge is 0.367 e. The number of benzene rings is 2. The second kappa shape index (κ2) is 6.37. The summed E-state index contributed by atoms with van der Waals surface area (Å²) >= 11 is 12.1. The van der Waals surface area contributed by atoms with E-state index < -0.39 is 11.4 Å². The minimum absolute atomic E-state index is 0.466. The molecule has 0 saturated heterocycles. The van der Waals surface area contributed by atoms with E-state index in [1.165, 1.54) is 0 Å². The molecule has 3 nitrogen and oxygen atoms in total. The van der Waals surface area contributed by atoms with Crippen LogP contribution in [0.25, 0.3) is 0 Å². The van der Waals surface area contributed by atoms with Gasteiger partial charge in [-0.05, 0) is 36.2 Å². The number of carbonyl (C=O) groups excluding carboxylic acids is 1. The standard InChI is InChI=1S/C16H16Cl2N2O/c1-2-16(15(19)21,11-7-9-12(17)10-8-11)20-14-6-4-3-5-13(14)18/h3-10,20H,2H2,1H3,(H2,19,21). The third-order valence-electron chi connectivity index (χ3n) is 3.51. The van der Waals surface area contributed by atoms with Crippen LogP contribution >= 0.6 is 23.2 Å². The molecule has 0 fully saturated rings. The molecule has 1 atom stereocenters. The zero-order valence-electron chi connectivity index (χ0n) is 11.6. The summed E-state index contributed by atoms with van der Waals surface area (Å²) in [7, 11) is 0. The summed E-state index contributed by atoms with van der Waals surface area (Å²) < 4.78 is 0. The molecule has 5 heteroatoms. The number of halogens is 2. The Hall–Kier alpha value is -1.71. The number of carbonyl (C=O) groups is 1. The van der Waals surface area contributed by atoms with E-state index in [1.807, 2.05) is 25.1 Å². The van der Waals surface area contributed by atoms with Crippen molar-refractivity contribution in [3.05, 3.63) is 64.1 Å². The molecule has 21 heavy (non-hydrogen) atoms. The van der Waals surface area contributed by atoms with Crippen molar-refractivity contribution in [3.63, 3.8) is 0 Å². The lowest BCUT2D eigenvalue weighted by molar-refractivity contribution is -0.122. The molecule has 110 valence electrons. The zero-order chi connectivity index (χ0) is 15.5. The first-order valence-electron chi connectivity index (χ1n) is 6.58. The molecule has 2 rings (SSSR count). The van der Waals surface area contributed by atoms with E-state index in [0.717, 1.165) is 5.56 Å². The fourth-order valence-electron chi connectivity index (χ4n) is 2.27. The van der Waals surface area contributed by atoms with Gasteiger partial charge in [-0.15, -0.1) is 0 Å². The van der Waals surface area contributed by atoms with E-state index in [-0.39, 0.29) is 0 Å². The van der Waals surface area contributed by atoms with Crippen molar-refractivity contribution in [3.8, 4) is 0 Å². The lowest BCUT2D eigenvalue weighted by Crippen LogP contribution is -2.47. The number of nitrogens with two attached hydrogens (primary N) is 1. The Balaban J connectivity index is 2.50. The molecule has 0 radical (unpaired) electrons. The number of hydrogen-bond acceptors (Lipinski definition) is 2. The topological polar surface area (TPSA) is 55.1 Å². The molecular formula is C16H16Cl2N2O. The number of amides is 1. The Kier molecular flexibility index (Phi) is 4.76. The summed E-state index contributed by atoms with van der Waals surface area (Å²) in [5.74, 6) is -0.466. The minimum atomic E-state index is -1.03. The zero-order valence-corrected chi connectivity index (χ0v) is 13.1. The van der Waals surface area contributed by atoms with Crippen LogP contribution in [-0.4, -0.2) is 5.91 Å². The van der Waals surface area contributed by atoms with Crippen LogP contribution in [0.1, 0.15) is 18.9 Å². The first-order valence-corrected chi connectivity index (χ1v) is 7.34. The normalized spacial score (nSPS) is 13.5. The summed E-state index contributed by atoms with van der Waals surface area (Å²) in [6, 6.07) is 14.3. The molecule has 0 aliphatic rings. The van der Waals surface area contributed by atoms with E-state index in [2.05, 4.69) is 5.32 Å². The number of anilines is 1. The van der Waals surface area contributed by atoms with Gasteiger partial charge in [-0.2, -0.15) is 0 Å². The Bertz CT molecular complexity index is 643. The molecule has 2 aromatic carbocycles. The highest BCUT2D eigenvalue weighted by molar-refractivity contribution is 6.33. The Labute approximate surface area is 134 Å². The van der Waals surface area contributed by atoms with Crippen LogP contribution in [0.3, 0.4) is 0 Å². The molecule has 2 aromatic rings. The molecule has 0 bridgehead atoms. The fraction of sp³-hybridized carbons (Fsp3) is 0.188. The van der Waals surface area contributed by atoms with Gasteiger partial charge >= 0.3 is 0 Å². The second-order valence-corrected chi connectivity index (χ2v) is 5.58. The summed E-state index contributed by atoms with van der Waals surface area (Å²) in [6.45, 7) is 1.89. The lowest BCUT2D eigenvalue weighted by Gasteiger charge is -2.32. The highest BCUT2D eigenvalue weighted by Gasteiger charge is 2.37. The van der Waals surface area contributed by atoms with Crippen LogP contribution in [0.5, 0.6) is 0 Å². The van der Waals surface area contributed by atoms with Gasteiger partial charge in [0, 0.05) is 5.02 Å². The monoisotopic (exact) mass is 322 g/mol. The fourth-order valence-corrected chi connectivity index (χ4v) is 2.58. The van der Waals surface area contributed by atoms with E-state index in [1.54, 1.807) is 30.3 Å². The molecule has 0 spiro atoms. The van der Waals surface area contributed by atoms with Crippen molar-refractivity contribution in [1.29, 1.82) is 0 Å². The number of nitrogens with one attached hydrogen (secondary N) is 1. The first kappa shape index (κ1) is 15.7. The van der Waals surface area contributed by atoms with Gasteiger partial charge in [0.25, 0.3) is 0 Å². The van der Waals surface area contributed by atoms with Crippen molar-refractivity contribution in [2.24, 2.45) is 5.73 Å². The maximum absolute atomic E-state index is 12.1. The highest BCUT2D eigenvalue weighted by Crippen LogP contribution is 2.33. The third kappa shape index (κ3) is 3.14. The van der Waals surface area contributed by atoms with E-state index in [0.29, 0.717) is 22.2 Å². The second-order valence-electron chi connectivity index (χ2n) is 4.73. The quantitative estimate of drug-likeness (QED) is 0.866. The van der Waals surface area contributed by atoms with Crippen LogP contribution < -0.4 is 11.1 Å². The van der Waals surface area contributed by atoms with Crippen LogP contribution in [0.2, 0.25) is 10.0 Å². The minimum Gasteiger partial charge on any atom is -0.367 e. The predicted octanol–water partition coefficient (Wildman–Crippen LogP) is 4.20. The summed E-state index contributed by atoms with van der Waals surface area (Å²) in [6.07, 6.45) is 0.481. The molecule has 0 aromatic heterocycles. The van der Waals surface area contributed by atoms with Gasteiger partial charge in [0.2, 0.25) is 5.91 Å². The average Bonchev–Trinajstić information content (AvgIpc) is 2.47.